The highest BCUT2D eigenvalue weighted by molar-refractivity contribution is 5.68. The van der Waals surface area contributed by atoms with Crippen molar-refractivity contribution in [2.75, 3.05) is 18.5 Å². The molecule has 0 amide bonds. The number of anilines is 1. The van der Waals surface area contributed by atoms with Crippen LogP contribution in [0.15, 0.2) is 12.4 Å². The second-order valence-electron chi connectivity index (χ2n) is 5.34. The Balaban J connectivity index is 2.31. The fourth-order valence-corrected chi connectivity index (χ4v) is 2.11. The Kier molecular flexibility index (Phi) is 4.35. The lowest BCUT2D eigenvalue weighted by atomic mass is 10.1. The van der Waals surface area contributed by atoms with Crippen molar-refractivity contribution in [2.45, 2.75) is 46.0 Å². The van der Waals surface area contributed by atoms with Crippen molar-refractivity contribution >= 4 is 11.3 Å². The molecule has 0 aliphatic rings. The Morgan fingerprint density at radius 1 is 1.32 bits per heavy atom. The van der Waals surface area contributed by atoms with Gasteiger partial charge in [-0.15, -0.1) is 10.2 Å². The molecule has 0 unspecified atom stereocenters. The maximum absolute atomic E-state index is 4.54. The molecule has 5 heteroatoms. The quantitative estimate of drug-likeness (QED) is 0.750. The Morgan fingerprint density at radius 2 is 2.11 bits per heavy atom. The SMILES string of the molecule is CCCCCN(C)c1cc(C(C)C)nn2cnnc12. The van der Waals surface area contributed by atoms with Gasteiger partial charge in [0.2, 0.25) is 5.65 Å². The number of fused-ring (bicyclic) bond motifs is 1. The van der Waals surface area contributed by atoms with Crippen molar-refractivity contribution in [1.29, 1.82) is 0 Å². The van der Waals surface area contributed by atoms with Crippen LogP contribution in [-0.2, 0) is 0 Å². The normalized spacial score (nSPS) is 11.4. The first kappa shape index (κ1) is 13.8. The standard InChI is InChI=1S/C14H23N5/c1-5-6-7-8-18(4)13-9-12(11(2)3)17-19-10-15-16-14(13)19/h9-11H,5-8H2,1-4H3. The Hall–Kier alpha value is -1.65. The highest BCUT2D eigenvalue weighted by Gasteiger charge is 2.13. The molecule has 2 aromatic rings. The molecule has 0 radical (unpaired) electrons. The predicted molar refractivity (Wildman–Crippen MR) is 77.7 cm³/mol. The van der Waals surface area contributed by atoms with Gasteiger partial charge >= 0.3 is 0 Å². The van der Waals surface area contributed by atoms with Crippen molar-refractivity contribution in [3.63, 3.8) is 0 Å². The van der Waals surface area contributed by atoms with E-state index in [1.54, 1.807) is 10.8 Å². The van der Waals surface area contributed by atoms with Crippen molar-refractivity contribution in [3.8, 4) is 0 Å². The molecule has 0 saturated carbocycles. The van der Waals surface area contributed by atoms with Gasteiger partial charge in [0.1, 0.15) is 6.33 Å². The van der Waals surface area contributed by atoms with Crippen LogP contribution < -0.4 is 4.90 Å². The van der Waals surface area contributed by atoms with Gasteiger partial charge in [0.15, 0.2) is 0 Å². The first-order valence-corrected chi connectivity index (χ1v) is 7.05. The van der Waals surface area contributed by atoms with E-state index in [2.05, 4.69) is 54.1 Å². The van der Waals surface area contributed by atoms with Gasteiger partial charge in [-0.1, -0.05) is 33.6 Å². The number of hydrogen-bond acceptors (Lipinski definition) is 4. The van der Waals surface area contributed by atoms with Gasteiger partial charge < -0.3 is 4.90 Å². The van der Waals surface area contributed by atoms with Crippen molar-refractivity contribution in [1.82, 2.24) is 19.8 Å². The largest absolute Gasteiger partial charge is 0.371 e. The lowest BCUT2D eigenvalue weighted by molar-refractivity contribution is 0.701. The topological polar surface area (TPSA) is 46.3 Å². The lowest BCUT2D eigenvalue weighted by Gasteiger charge is -2.20. The van der Waals surface area contributed by atoms with Crippen LogP contribution in [0.2, 0.25) is 0 Å². The minimum atomic E-state index is 0.398. The first-order chi connectivity index (χ1) is 9.13. The molecule has 0 N–H and O–H groups in total. The molecule has 0 aliphatic heterocycles. The fourth-order valence-electron chi connectivity index (χ4n) is 2.11. The van der Waals surface area contributed by atoms with Crippen LogP contribution in [0.5, 0.6) is 0 Å². The summed E-state index contributed by atoms with van der Waals surface area (Å²) in [5.41, 5.74) is 3.03. The highest BCUT2D eigenvalue weighted by atomic mass is 15.4. The highest BCUT2D eigenvalue weighted by Crippen LogP contribution is 2.23. The van der Waals surface area contributed by atoms with E-state index >= 15 is 0 Å². The van der Waals surface area contributed by atoms with Crippen LogP contribution in [0.4, 0.5) is 5.69 Å². The molecule has 0 aliphatic carbocycles. The van der Waals surface area contributed by atoms with E-state index in [1.807, 2.05) is 0 Å². The summed E-state index contributed by atoms with van der Waals surface area (Å²) in [7, 11) is 2.11. The molecule has 0 bridgehead atoms. The van der Waals surface area contributed by atoms with E-state index in [0.29, 0.717) is 5.92 Å². The predicted octanol–water partition coefficient (Wildman–Crippen LogP) is 2.87. The number of unbranched alkanes of at least 4 members (excludes halogenated alkanes) is 2. The molecular formula is C14H23N5. The molecule has 5 nitrogen and oxygen atoms in total. The summed E-state index contributed by atoms with van der Waals surface area (Å²) >= 11 is 0. The zero-order valence-corrected chi connectivity index (χ0v) is 12.3. The van der Waals surface area contributed by atoms with Crippen LogP contribution in [0.25, 0.3) is 5.65 Å². The maximum atomic E-state index is 4.54. The van der Waals surface area contributed by atoms with Gasteiger partial charge in [-0.3, -0.25) is 0 Å². The summed E-state index contributed by atoms with van der Waals surface area (Å²) in [5, 5.41) is 12.7. The summed E-state index contributed by atoms with van der Waals surface area (Å²) < 4.78 is 1.78. The molecule has 0 fully saturated rings. The van der Waals surface area contributed by atoms with E-state index < -0.39 is 0 Å². The third-order valence-electron chi connectivity index (χ3n) is 3.37. The molecule has 0 atom stereocenters. The van der Waals surface area contributed by atoms with E-state index in [9.17, 15) is 0 Å². The molecule has 104 valence electrons. The Morgan fingerprint density at radius 3 is 2.79 bits per heavy atom. The van der Waals surface area contributed by atoms with Gasteiger partial charge in [-0.25, -0.2) is 0 Å². The molecule has 0 aromatic carbocycles. The summed E-state index contributed by atoms with van der Waals surface area (Å²) in [6.07, 6.45) is 5.37. The number of nitrogens with zero attached hydrogens (tertiary/aromatic N) is 5. The van der Waals surface area contributed by atoms with Gasteiger partial charge in [-0.2, -0.15) is 9.61 Å². The van der Waals surface area contributed by atoms with Gasteiger partial charge in [0.05, 0.1) is 11.4 Å². The summed E-state index contributed by atoms with van der Waals surface area (Å²) in [5.74, 6) is 0.398. The second-order valence-corrected chi connectivity index (χ2v) is 5.34. The van der Waals surface area contributed by atoms with Gasteiger partial charge in [0, 0.05) is 13.6 Å². The van der Waals surface area contributed by atoms with E-state index in [1.165, 1.54) is 19.3 Å². The Bertz CT molecular complexity index is 532. The molecular weight excluding hydrogens is 238 g/mol. The van der Waals surface area contributed by atoms with Gasteiger partial charge in [0.25, 0.3) is 0 Å². The fraction of sp³-hybridized carbons (Fsp3) is 0.643. The minimum absolute atomic E-state index is 0.398. The number of aromatic nitrogens is 4. The summed E-state index contributed by atoms with van der Waals surface area (Å²) in [4.78, 5) is 2.26. The zero-order valence-electron chi connectivity index (χ0n) is 12.3. The van der Waals surface area contributed by atoms with E-state index in [4.69, 9.17) is 0 Å². The average molecular weight is 261 g/mol. The summed E-state index contributed by atoms with van der Waals surface area (Å²) in [6, 6.07) is 2.14. The average Bonchev–Trinajstić information content (AvgIpc) is 2.85. The van der Waals surface area contributed by atoms with Crippen LogP contribution in [0.3, 0.4) is 0 Å². The number of hydrogen-bond donors (Lipinski definition) is 0. The van der Waals surface area contributed by atoms with E-state index in [0.717, 1.165) is 23.6 Å². The van der Waals surface area contributed by atoms with Crippen LogP contribution in [0.1, 0.15) is 51.6 Å². The van der Waals surface area contributed by atoms with E-state index in [-0.39, 0.29) is 0 Å². The van der Waals surface area contributed by atoms with Crippen molar-refractivity contribution in [2.24, 2.45) is 0 Å². The van der Waals surface area contributed by atoms with Crippen molar-refractivity contribution < 1.29 is 0 Å². The minimum Gasteiger partial charge on any atom is -0.371 e. The monoisotopic (exact) mass is 261 g/mol. The molecule has 2 rings (SSSR count). The maximum Gasteiger partial charge on any atom is 0.200 e. The second kappa shape index (κ2) is 5.99. The summed E-state index contributed by atoms with van der Waals surface area (Å²) in [6.45, 7) is 7.57. The smallest absolute Gasteiger partial charge is 0.200 e. The molecule has 0 spiro atoms. The van der Waals surface area contributed by atoms with Crippen LogP contribution >= 0.6 is 0 Å². The third-order valence-corrected chi connectivity index (χ3v) is 3.37. The molecule has 2 heterocycles. The third kappa shape index (κ3) is 3.03. The molecule has 2 aromatic heterocycles. The van der Waals surface area contributed by atoms with Crippen molar-refractivity contribution in [3.05, 3.63) is 18.1 Å². The van der Waals surface area contributed by atoms with Crippen LogP contribution in [-0.4, -0.2) is 33.4 Å². The molecule has 19 heavy (non-hydrogen) atoms. The van der Waals surface area contributed by atoms with Gasteiger partial charge in [-0.05, 0) is 18.4 Å². The van der Waals surface area contributed by atoms with Crippen LogP contribution in [0, 0.1) is 0 Å². The first-order valence-electron chi connectivity index (χ1n) is 7.05. The zero-order chi connectivity index (χ0) is 13.8. The number of rotatable bonds is 6. The molecule has 0 saturated heterocycles. The lowest BCUT2D eigenvalue weighted by Crippen LogP contribution is -2.20. The Labute approximate surface area is 114 Å².